The molecule has 0 spiro atoms. The van der Waals surface area contributed by atoms with Crippen LogP contribution in [0.15, 0.2) is 17.0 Å². The molecule has 1 atom stereocenters. The summed E-state index contributed by atoms with van der Waals surface area (Å²) in [6.45, 7) is 0. The Morgan fingerprint density at radius 2 is 2.29 bits per heavy atom. The molecule has 0 aliphatic heterocycles. The fraction of sp³-hybridized carbons (Fsp3) is 0.455. The van der Waals surface area contributed by atoms with Crippen LogP contribution in [-0.2, 0) is 6.42 Å². The first-order valence-corrected chi connectivity index (χ1v) is 6.11. The third kappa shape index (κ3) is 1.51. The molecule has 0 heterocycles. The highest BCUT2D eigenvalue weighted by Gasteiger charge is 2.21. The third-order valence-corrected chi connectivity index (χ3v) is 3.59. The molecule has 0 saturated heterocycles. The van der Waals surface area contributed by atoms with Crippen molar-refractivity contribution in [3.8, 4) is 5.75 Å². The van der Waals surface area contributed by atoms with E-state index in [9.17, 15) is 5.11 Å². The Bertz CT molecular complexity index is 351. The van der Waals surface area contributed by atoms with Gasteiger partial charge in [0.15, 0.2) is 0 Å². The second-order valence-electron chi connectivity index (χ2n) is 3.69. The zero-order chi connectivity index (χ0) is 10.1. The van der Waals surface area contributed by atoms with Crippen LogP contribution in [-0.4, -0.2) is 11.4 Å². The number of nitrogens with two attached hydrogens (primary N) is 1. The minimum absolute atomic E-state index is 0.0193. The molecular weight excluding hydrogens is 194 g/mol. The Morgan fingerprint density at radius 3 is 3.00 bits per heavy atom. The second kappa shape index (κ2) is 3.83. The van der Waals surface area contributed by atoms with Crippen LogP contribution in [0.2, 0.25) is 0 Å². The molecule has 1 unspecified atom stereocenters. The van der Waals surface area contributed by atoms with Gasteiger partial charge < -0.3 is 10.8 Å². The maximum atomic E-state index is 10.0. The van der Waals surface area contributed by atoms with Crippen LogP contribution in [0.4, 0.5) is 0 Å². The van der Waals surface area contributed by atoms with Crippen molar-refractivity contribution in [1.82, 2.24) is 0 Å². The molecule has 0 amide bonds. The van der Waals surface area contributed by atoms with Crippen LogP contribution >= 0.6 is 11.8 Å². The van der Waals surface area contributed by atoms with Crippen LogP contribution in [0.25, 0.3) is 0 Å². The zero-order valence-corrected chi connectivity index (χ0v) is 9.10. The smallest absolute Gasteiger partial charge is 0.134 e. The van der Waals surface area contributed by atoms with Crippen LogP contribution in [0.3, 0.4) is 0 Å². The lowest BCUT2D eigenvalue weighted by atomic mass is 9.87. The van der Waals surface area contributed by atoms with E-state index in [0.29, 0.717) is 5.75 Å². The lowest BCUT2D eigenvalue weighted by Crippen LogP contribution is -2.17. The van der Waals surface area contributed by atoms with Crippen molar-refractivity contribution in [3.05, 3.63) is 23.3 Å². The largest absolute Gasteiger partial charge is 0.506 e. The lowest BCUT2D eigenvalue weighted by Gasteiger charge is -2.24. The van der Waals surface area contributed by atoms with E-state index >= 15 is 0 Å². The summed E-state index contributed by atoms with van der Waals surface area (Å²) in [4.78, 5) is 0.932. The molecule has 2 rings (SSSR count). The molecule has 1 aliphatic carbocycles. The molecule has 1 aromatic rings. The number of thioether (sulfide) groups is 1. The number of fused-ring (bicyclic) bond motifs is 1. The van der Waals surface area contributed by atoms with E-state index in [4.69, 9.17) is 5.73 Å². The predicted octanol–water partition coefficient (Wildman–Crippen LogP) is 2.45. The predicted molar refractivity (Wildman–Crippen MR) is 59.8 cm³/mol. The van der Waals surface area contributed by atoms with Crippen molar-refractivity contribution in [2.24, 2.45) is 5.73 Å². The lowest BCUT2D eigenvalue weighted by molar-refractivity contribution is 0.436. The van der Waals surface area contributed by atoms with Gasteiger partial charge in [-0.15, -0.1) is 11.8 Å². The Morgan fingerprint density at radius 1 is 1.50 bits per heavy atom. The molecule has 0 radical (unpaired) electrons. The summed E-state index contributed by atoms with van der Waals surface area (Å²) in [6.07, 6.45) is 5.13. The van der Waals surface area contributed by atoms with Gasteiger partial charge in [-0.25, -0.2) is 0 Å². The summed E-state index contributed by atoms with van der Waals surface area (Å²) in [5.74, 6) is 0.405. The molecule has 3 N–H and O–H groups in total. The number of aryl methyl sites for hydroxylation is 1. The van der Waals surface area contributed by atoms with Gasteiger partial charge in [0, 0.05) is 16.5 Å². The van der Waals surface area contributed by atoms with Gasteiger partial charge in [0.05, 0.1) is 0 Å². The number of phenols is 1. The fourth-order valence-corrected chi connectivity index (χ4v) is 2.59. The minimum atomic E-state index is 0.0193. The monoisotopic (exact) mass is 209 g/mol. The number of hydrogen-bond donors (Lipinski definition) is 2. The highest BCUT2D eigenvalue weighted by Crippen LogP contribution is 2.39. The van der Waals surface area contributed by atoms with Crippen LogP contribution in [0.1, 0.15) is 30.0 Å². The van der Waals surface area contributed by atoms with Crippen molar-refractivity contribution >= 4 is 11.8 Å². The van der Waals surface area contributed by atoms with Crippen LogP contribution < -0.4 is 5.73 Å². The summed E-state index contributed by atoms with van der Waals surface area (Å²) < 4.78 is 0. The van der Waals surface area contributed by atoms with Crippen molar-refractivity contribution < 1.29 is 5.11 Å². The normalized spacial score (nSPS) is 20.6. The molecule has 0 aromatic heterocycles. The van der Waals surface area contributed by atoms with Crippen molar-refractivity contribution in [2.45, 2.75) is 30.2 Å². The summed E-state index contributed by atoms with van der Waals surface area (Å²) >= 11 is 1.56. The quantitative estimate of drug-likeness (QED) is 0.698. The number of rotatable bonds is 1. The first-order chi connectivity index (χ1) is 6.74. The Hall–Kier alpha value is -0.670. The van der Waals surface area contributed by atoms with Crippen LogP contribution in [0.5, 0.6) is 5.75 Å². The van der Waals surface area contributed by atoms with E-state index in [2.05, 4.69) is 6.07 Å². The van der Waals surface area contributed by atoms with E-state index < -0.39 is 0 Å². The zero-order valence-electron chi connectivity index (χ0n) is 8.29. The third-order valence-electron chi connectivity index (χ3n) is 2.82. The minimum Gasteiger partial charge on any atom is -0.506 e. The van der Waals surface area contributed by atoms with Gasteiger partial charge in [-0.1, -0.05) is 6.07 Å². The topological polar surface area (TPSA) is 46.2 Å². The van der Waals surface area contributed by atoms with Gasteiger partial charge in [0.1, 0.15) is 5.75 Å². The number of hydrogen-bond acceptors (Lipinski definition) is 3. The molecule has 1 aromatic carbocycles. The molecule has 2 nitrogen and oxygen atoms in total. The van der Waals surface area contributed by atoms with E-state index in [1.165, 1.54) is 5.56 Å². The SMILES string of the molecule is CSc1ccc2c(c1O)C(N)CCC2. The summed E-state index contributed by atoms with van der Waals surface area (Å²) in [5, 5.41) is 10.0. The molecule has 0 bridgehead atoms. The van der Waals surface area contributed by atoms with Crippen LogP contribution in [0, 0.1) is 0 Å². The molecule has 0 saturated carbocycles. The Kier molecular flexibility index (Phi) is 2.70. The summed E-state index contributed by atoms with van der Waals surface area (Å²) in [6, 6.07) is 4.10. The molecule has 1 aliphatic rings. The molecule has 14 heavy (non-hydrogen) atoms. The average Bonchev–Trinajstić information content (AvgIpc) is 2.18. The van der Waals surface area contributed by atoms with Gasteiger partial charge >= 0.3 is 0 Å². The summed E-state index contributed by atoms with van der Waals surface area (Å²) in [5.41, 5.74) is 8.20. The van der Waals surface area contributed by atoms with Gasteiger partial charge in [0.25, 0.3) is 0 Å². The maximum Gasteiger partial charge on any atom is 0.134 e. The first-order valence-electron chi connectivity index (χ1n) is 4.88. The van der Waals surface area contributed by atoms with Gasteiger partial charge in [-0.3, -0.25) is 0 Å². The van der Waals surface area contributed by atoms with Gasteiger partial charge in [-0.2, -0.15) is 0 Å². The molecule has 0 fully saturated rings. The number of aromatic hydroxyl groups is 1. The number of benzene rings is 1. The molecular formula is C11H15NOS. The van der Waals surface area contributed by atoms with E-state index in [-0.39, 0.29) is 6.04 Å². The van der Waals surface area contributed by atoms with E-state index in [1.807, 2.05) is 12.3 Å². The Labute approximate surface area is 88.5 Å². The molecule has 76 valence electrons. The highest BCUT2D eigenvalue weighted by atomic mass is 32.2. The van der Waals surface area contributed by atoms with Gasteiger partial charge in [0.2, 0.25) is 0 Å². The molecule has 3 heteroatoms. The second-order valence-corrected chi connectivity index (χ2v) is 4.54. The fourth-order valence-electron chi connectivity index (χ4n) is 2.08. The van der Waals surface area contributed by atoms with Gasteiger partial charge in [-0.05, 0) is 37.1 Å². The Balaban J connectivity index is 2.54. The standard InChI is InChI=1S/C11H15NOS/c1-14-9-6-5-7-3-2-4-8(12)10(7)11(9)13/h5-6,8,13H,2-4,12H2,1H3. The van der Waals surface area contributed by atoms with Crippen molar-refractivity contribution in [3.63, 3.8) is 0 Å². The van der Waals surface area contributed by atoms with E-state index in [1.54, 1.807) is 11.8 Å². The highest BCUT2D eigenvalue weighted by molar-refractivity contribution is 7.98. The number of phenolic OH excluding ortho intramolecular Hbond substituents is 1. The average molecular weight is 209 g/mol. The first kappa shape index (κ1) is 9.87. The maximum absolute atomic E-state index is 10.0. The van der Waals surface area contributed by atoms with Crippen molar-refractivity contribution in [1.29, 1.82) is 0 Å². The van der Waals surface area contributed by atoms with E-state index in [0.717, 1.165) is 29.7 Å². The summed E-state index contributed by atoms with van der Waals surface area (Å²) in [7, 11) is 0. The van der Waals surface area contributed by atoms with Crippen molar-refractivity contribution in [2.75, 3.05) is 6.26 Å².